The first kappa shape index (κ1) is 13.6. The fourth-order valence-electron chi connectivity index (χ4n) is 2.04. The van der Waals surface area contributed by atoms with Gasteiger partial charge in [-0.25, -0.2) is 4.98 Å². The molecular formula is C12H14N4O2S. The number of rotatable bonds is 4. The summed E-state index contributed by atoms with van der Waals surface area (Å²) in [6, 6.07) is 3.10. The number of hydrogen-bond donors (Lipinski definition) is 1. The second kappa shape index (κ2) is 5.45. The van der Waals surface area contributed by atoms with Gasteiger partial charge in [0.05, 0.1) is 10.5 Å². The fourth-order valence-corrected chi connectivity index (χ4v) is 3.28. The number of anilines is 1. The number of nitriles is 1. The largest absolute Gasteiger partial charge is 0.363 e. The topological polar surface area (TPSA) is 91.8 Å². The van der Waals surface area contributed by atoms with Gasteiger partial charge in [-0.15, -0.1) is 0 Å². The molecule has 1 aromatic rings. The van der Waals surface area contributed by atoms with Gasteiger partial charge in [-0.3, -0.25) is 10.1 Å². The lowest BCUT2D eigenvalue weighted by molar-refractivity contribution is -0.384. The summed E-state index contributed by atoms with van der Waals surface area (Å²) in [5, 5.41) is 22.8. The lowest BCUT2D eigenvalue weighted by Gasteiger charge is -2.23. The molecule has 7 heteroatoms. The lowest BCUT2D eigenvalue weighted by Crippen LogP contribution is -2.27. The molecule has 0 bridgehead atoms. The molecule has 1 aromatic heterocycles. The molecule has 1 saturated heterocycles. The van der Waals surface area contributed by atoms with Crippen LogP contribution in [-0.2, 0) is 0 Å². The molecule has 1 fully saturated rings. The van der Waals surface area contributed by atoms with E-state index in [1.807, 2.05) is 17.8 Å². The van der Waals surface area contributed by atoms with Crippen molar-refractivity contribution in [3.8, 4) is 6.07 Å². The zero-order valence-electron chi connectivity index (χ0n) is 10.5. The van der Waals surface area contributed by atoms with E-state index in [0.29, 0.717) is 6.54 Å². The van der Waals surface area contributed by atoms with Crippen molar-refractivity contribution in [3.05, 3.63) is 27.9 Å². The maximum Gasteiger partial charge on any atom is 0.312 e. The minimum Gasteiger partial charge on any atom is -0.363 e. The van der Waals surface area contributed by atoms with E-state index >= 15 is 0 Å². The van der Waals surface area contributed by atoms with Crippen molar-refractivity contribution in [2.45, 2.75) is 24.5 Å². The SMILES string of the molecule is CC1(CNc2ncc(C#N)cc2[N+](=O)[O-])CCCS1. The van der Waals surface area contributed by atoms with E-state index < -0.39 is 4.92 Å². The quantitative estimate of drug-likeness (QED) is 0.672. The minimum atomic E-state index is -0.514. The lowest BCUT2D eigenvalue weighted by atomic mass is 10.1. The predicted molar refractivity (Wildman–Crippen MR) is 74.2 cm³/mol. The Hall–Kier alpha value is -1.81. The first-order valence-electron chi connectivity index (χ1n) is 5.96. The molecule has 2 heterocycles. The zero-order chi connectivity index (χ0) is 13.9. The minimum absolute atomic E-state index is 0.101. The van der Waals surface area contributed by atoms with Crippen molar-refractivity contribution in [2.24, 2.45) is 0 Å². The molecule has 0 saturated carbocycles. The Labute approximate surface area is 115 Å². The van der Waals surface area contributed by atoms with Gasteiger partial charge in [0.2, 0.25) is 5.82 Å². The van der Waals surface area contributed by atoms with E-state index in [1.165, 1.54) is 18.7 Å². The molecule has 0 radical (unpaired) electrons. The van der Waals surface area contributed by atoms with Crippen LogP contribution in [0.4, 0.5) is 11.5 Å². The van der Waals surface area contributed by atoms with Crippen molar-refractivity contribution >= 4 is 23.3 Å². The Morgan fingerprint density at radius 3 is 3.11 bits per heavy atom. The summed E-state index contributed by atoms with van der Waals surface area (Å²) in [6.45, 7) is 2.78. The van der Waals surface area contributed by atoms with Crippen molar-refractivity contribution in [2.75, 3.05) is 17.6 Å². The monoisotopic (exact) mass is 278 g/mol. The third kappa shape index (κ3) is 3.15. The second-order valence-electron chi connectivity index (χ2n) is 4.72. The van der Waals surface area contributed by atoms with E-state index in [4.69, 9.17) is 5.26 Å². The van der Waals surface area contributed by atoms with Crippen LogP contribution < -0.4 is 5.32 Å². The standard InChI is InChI=1S/C12H14N4O2S/c1-12(3-2-4-19-12)8-15-11-10(16(17)18)5-9(6-13)7-14-11/h5,7H,2-4,8H2,1H3,(H,14,15). The molecule has 100 valence electrons. The van der Waals surface area contributed by atoms with Gasteiger partial charge in [0.15, 0.2) is 0 Å². The smallest absolute Gasteiger partial charge is 0.312 e. The molecule has 0 spiro atoms. The highest BCUT2D eigenvalue weighted by Gasteiger charge is 2.30. The van der Waals surface area contributed by atoms with Gasteiger partial charge < -0.3 is 5.32 Å². The maximum absolute atomic E-state index is 11.0. The Bertz CT molecular complexity index is 535. The molecule has 1 unspecified atom stereocenters. The average molecular weight is 278 g/mol. The van der Waals surface area contributed by atoms with Crippen LogP contribution in [0, 0.1) is 21.4 Å². The number of aromatic nitrogens is 1. The molecule has 1 N–H and O–H groups in total. The molecule has 0 amide bonds. The van der Waals surface area contributed by atoms with Gasteiger partial charge in [0, 0.05) is 23.6 Å². The van der Waals surface area contributed by atoms with E-state index in [2.05, 4.69) is 17.2 Å². The van der Waals surface area contributed by atoms with Crippen molar-refractivity contribution < 1.29 is 4.92 Å². The molecule has 0 aliphatic carbocycles. The average Bonchev–Trinajstić information content (AvgIpc) is 2.83. The van der Waals surface area contributed by atoms with Gasteiger partial charge in [-0.05, 0) is 25.5 Å². The van der Waals surface area contributed by atoms with Gasteiger partial charge in [-0.2, -0.15) is 17.0 Å². The highest BCUT2D eigenvalue weighted by atomic mass is 32.2. The summed E-state index contributed by atoms with van der Waals surface area (Å²) in [5.74, 6) is 1.36. The van der Waals surface area contributed by atoms with Crippen LogP contribution in [0.3, 0.4) is 0 Å². The maximum atomic E-state index is 11.0. The number of pyridine rings is 1. The van der Waals surface area contributed by atoms with Gasteiger partial charge in [-0.1, -0.05) is 0 Å². The van der Waals surface area contributed by atoms with E-state index in [1.54, 1.807) is 0 Å². The number of hydrogen-bond acceptors (Lipinski definition) is 6. The Morgan fingerprint density at radius 2 is 2.53 bits per heavy atom. The molecular weight excluding hydrogens is 264 g/mol. The predicted octanol–water partition coefficient (Wildman–Crippen LogP) is 2.56. The van der Waals surface area contributed by atoms with Crippen LogP contribution in [0.5, 0.6) is 0 Å². The number of nitrogens with zero attached hydrogens (tertiary/aromatic N) is 3. The first-order chi connectivity index (χ1) is 9.04. The summed E-state index contributed by atoms with van der Waals surface area (Å²) in [6.07, 6.45) is 3.61. The molecule has 2 rings (SSSR count). The van der Waals surface area contributed by atoms with Crippen molar-refractivity contribution in [1.82, 2.24) is 4.98 Å². The summed E-state index contributed by atoms with van der Waals surface area (Å²) in [4.78, 5) is 14.4. The normalized spacial score (nSPS) is 21.9. The summed E-state index contributed by atoms with van der Waals surface area (Å²) in [5.41, 5.74) is 0.0457. The number of thioether (sulfide) groups is 1. The van der Waals surface area contributed by atoms with Crippen LogP contribution in [0.2, 0.25) is 0 Å². The molecule has 1 aliphatic heterocycles. The molecule has 6 nitrogen and oxygen atoms in total. The number of nitrogens with one attached hydrogen (secondary N) is 1. The van der Waals surface area contributed by atoms with E-state index in [0.717, 1.165) is 12.2 Å². The van der Waals surface area contributed by atoms with Crippen molar-refractivity contribution in [1.29, 1.82) is 5.26 Å². The molecule has 1 aliphatic rings. The highest BCUT2D eigenvalue weighted by molar-refractivity contribution is 8.00. The summed E-state index contributed by atoms with van der Waals surface area (Å²) in [7, 11) is 0. The summed E-state index contributed by atoms with van der Waals surface area (Å²) < 4.78 is 0.101. The van der Waals surface area contributed by atoms with Crippen LogP contribution in [-0.4, -0.2) is 27.0 Å². The Morgan fingerprint density at radius 1 is 1.74 bits per heavy atom. The fraction of sp³-hybridized carbons (Fsp3) is 0.500. The van der Waals surface area contributed by atoms with Gasteiger partial charge in [0.1, 0.15) is 6.07 Å². The zero-order valence-corrected chi connectivity index (χ0v) is 11.4. The molecule has 0 aromatic carbocycles. The van der Waals surface area contributed by atoms with Crippen molar-refractivity contribution in [3.63, 3.8) is 0 Å². The molecule has 19 heavy (non-hydrogen) atoms. The summed E-state index contributed by atoms with van der Waals surface area (Å²) >= 11 is 1.87. The third-order valence-corrected chi connectivity index (χ3v) is 4.66. The third-order valence-electron chi connectivity index (χ3n) is 3.12. The van der Waals surface area contributed by atoms with Crippen LogP contribution >= 0.6 is 11.8 Å². The van der Waals surface area contributed by atoms with Crippen LogP contribution in [0.15, 0.2) is 12.3 Å². The van der Waals surface area contributed by atoms with Crippen LogP contribution in [0.25, 0.3) is 0 Å². The van der Waals surface area contributed by atoms with Crippen LogP contribution in [0.1, 0.15) is 25.3 Å². The highest BCUT2D eigenvalue weighted by Crippen LogP contribution is 2.38. The Kier molecular flexibility index (Phi) is 3.90. The van der Waals surface area contributed by atoms with E-state index in [9.17, 15) is 10.1 Å². The number of nitro groups is 1. The van der Waals surface area contributed by atoms with Gasteiger partial charge >= 0.3 is 5.69 Å². The van der Waals surface area contributed by atoms with E-state index in [-0.39, 0.29) is 21.8 Å². The second-order valence-corrected chi connectivity index (χ2v) is 6.40. The Balaban J connectivity index is 2.16. The van der Waals surface area contributed by atoms with Gasteiger partial charge in [0.25, 0.3) is 0 Å². The first-order valence-corrected chi connectivity index (χ1v) is 6.95. The molecule has 1 atom stereocenters.